The van der Waals surface area contributed by atoms with Crippen LogP contribution in [0, 0.1) is 0 Å². The maximum absolute atomic E-state index is 11.7. The molecule has 0 unspecified atom stereocenters. The normalized spacial score (nSPS) is 11.1. The van der Waals surface area contributed by atoms with E-state index in [0.29, 0.717) is 11.1 Å². The van der Waals surface area contributed by atoms with Crippen molar-refractivity contribution in [3.8, 4) is 0 Å². The van der Waals surface area contributed by atoms with E-state index < -0.39 is 0 Å². The van der Waals surface area contributed by atoms with Crippen LogP contribution in [-0.2, 0) is 22.3 Å². The van der Waals surface area contributed by atoms with E-state index in [1.165, 1.54) is 14.2 Å². The second-order valence-corrected chi connectivity index (χ2v) is 8.29. The Bertz CT molecular complexity index is 1100. The van der Waals surface area contributed by atoms with Crippen LogP contribution in [0.5, 0.6) is 0 Å². The first-order chi connectivity index (χ1) is 13.6. The Hall–Kier alpha value is -2.84. The molecule has 4 aromatic rings. The van der Waals surface area contributed by atoms with Crippen LogP contribution in [0.25, 0.3) is 20.4 Å². The zero-order valence-corrected chi connectivity index (χ0v) is 16.9. The molecule has 0 aliphatic rings. The monoisotopic (exact) mass is 412 g/mol. The van der Waals surface area contributed by atoms with E-state index in [0.717, 1.165) is 43.3 Å². The number of fused-ring (bicyclic) bond motifs is 2. The summed E-state index contributed by atoms with van der Waals surface area (Å²) < 4.78 is 11.5. The lowest BCUT2D eigenvalue weighted by Gasteiger charge is -1.97. The molecule has 0 aliphatic carbocycles. The summed E-state index contributed by atoms with van der Waals surface area (Å²) in [5.41, 5.74) is 2.80. The van der Waals surface area contributed by atoms with Gasteiger partial charge in [-0.2, -0.15) is 0 Å². The number of aryl methyl sites for hydroxylation is 2. The number of carbonyl (C=O) groups excluding carboxylic acids is 2. The van der Waals surface area contributed by atoms with Crippen LogP contribution in [0.1, 0.15) is 30.7 Å². The van der Waals surface area contributed by atoms with Crippen molar-refractivity contribution in [3.05, 3.63) is 57.5 Å². The van der Waals surface area contributed by atoms with Crippen LogP contribution in [-0.4, -0.2) is 36.1 Å². The third kappa shape index (κ3) is 3.61. The van der Waals surface area contributed by atoms with Gasteiger partial charge in [0.15, 0.2) is 0 Å². The number of aromatic nitrogens is 2. The summed E-state index contributed by atoms with van der Waals surface area (Å²) >= 11 is 3.14. The number of nitrogens with zero attached hydrogens (tertiary/aromatic N) is 2. The number of hydrogen-bond acceptors (Lipinski definition) is 8. The number of benzene rings is 2. The first-order valence-electron chi connectivity index (χ1n) is 8.53. The zero-order chi connectivity index (χ0) is 19.7. The van der Waals surface area contributed by atoms with Gasteiger partial charge in [0, 0.05) is 12.8 Å². The van der Waals surface area contributed by atoms with Gasteiger partial charge in [-0.3, -0.25) is 0 Å². The summed E-state index contributed by atoms with van der Waals surface area (Å²) in [6.07, 6.45) is 1.52. The SMILES string of the molecule is COC(=O)c1ccc2nc(CCc3nc4ccc(C(=O)OC)cc4s3)sc2c1. The lowest BCUT2D eigenvalue weighted by molar-refractivity contribution is 0.0592. The first kappa shape index (κ1) is 18.5. The van der Waals surface area contributed by atoms with Crippen molar-refractivity contribution < 1.29 is 19.1 Å². The van der Waals surface area contributed by atoms with Crippen LogP contribution in [0.2, 0.25) is 0 Å². The molecule has 4 rings (SSSR count). The van der Waals surface area contributed by atoms with Gasteiger partial charge in [0.25, 0.3) is 0 Å². The van der Waals surface area contributed by atoms with Crippen molar-refractivity contribution in [3.63, 3.8) is 0 Å². The van der Waals surface area contributed by atoms with Crippen LogP contribution >= 0.6 is 22.7 Å². The van der Waals surface area contributed by atoms with Gasteiger partial charge in [-0.15, -0.1) is 22.7 Å². The second kappa shape index (κ2) is 7.65. The molecule has 0 amide bonds. The Balaban J connectivity index is 1.52. The Morgan fingerprint density at radius 1 is 0.786 bits per heavy atom. The summed E-state index contributed by atoms with van der Waals surface area (Å²) in [6, 6.07) is 10.8. The molecule has 0 fully saturated rings. The molecule has 6 nitrogen and oxygen atoms in total. The maximum atomic E-state index is 11.7. The second-order valence-electron chi connectivity index (χ2n) is 6.06. The smallest absolute Gasteiger partial charge is 0.337 e. The fraction of sp³-hybridized carbons (Fsp3) is 0.200. The summed E-state index contributed by atoms with van der Waals surface area (Å²) in [4.78, 5) is 32.6. The Labute approximate surface area is 168 Å². The highest BCUT2D eigenvalue weighted by Gasteiger charge is 2.12. The molecule has 0 bridgehead atoms. The van der Waals surface area contributed by atoms with Crippen molar-refractivity contribution in [1.82, 2.24) is 9.97 Å². The predicted octanol–water partition coefficient (Wildman–Crippen LogP) is 4.26. The lowest BCUT2D eigenvalue weighted by atomic mass is 10.2. The molecular formula is C20H16N2O4S2. The average molecular weight is 412 g/mol. The Morgan fingerprint density at radius 2 is 1.21 bits per heavy atom. The molecular weight excluding hydrogens is 396 g/mol. The molecule has 0 aliphatic heterocycles. The van der Waals surface area contributed by atoms with E-state index in [4.69, 9.17) is 9.47 Å². The van der Waals surface area contributed by atoms with Gasteiger partial charge in [0.1, 0.15) is 0 Å². The fourth-order valence-electron chi connectivity index (χ4n) is 2.86. The number of ether oxygens (including phenoxy) is 2. The molecule has 142 valence electrons. The van der Waals surface area contributed by atoms with Gasteiger partial charge in [-0.1, -0.05) is 0 Å². The topological polar surface area (TPSA) is 78.4 Å². The van der Waals surface area contributed by atoms with E-state index >= 15 is 0 Å². The zero-order valence-electron chi connectivity index (χ0n) is 15.2. The van der Waals surface area contributed by atoms with Gasteiger partial charge in [0.2, 0.25) is 0 Å². The molecule has 0 N–H and O–H groups in total. The van der Waals surface area contributed by atoms with Crippen molar-refractivity contribution in [2.75, 3.05) is 14.2 Å². The van der Waals surface area contributed by atoms with E-state index in [-0.39, 0.29) is 11.9 Å². The summed E-state index contributed by atoms with van der Waals surface area (Å²) in [5, 5.41) is 1.98. The van der Waals surface area contributed by atoms with Crippen molar-refractivity contribution in [2.24, 2.45) is 0 Å². The van der Waals surface area contributed by atoms with Gasteiger partial charge < -0.3 is 9.47 Å². The standard InChI is InChI=1S/C20H16N2O4S2/c1-25-19(23)11-3-5-13-15(9-11)27-17(21-13)7-8-18-22-14-6-4-12(20(24)26-2)10-16(14)28-18/h3-6,9-10H,7-8H2,1-2H3. The highest BCUT2D eigenvalue weighted by molar-refractivity contribution is 7.19. The minimum Gasteiger partial charge on any atom is -0.465 e. The number of carbonyl (C=O) groups is 2. The van der Waals surface area contributed by atoms with Crippen molar-refractivity contribution in [1.29, 1.82) is 0 Å². The van der Waals surface area contributed by atoms with E-state index in [2.05, 4.69) is 9.97 Å². The van der Waals surface area contributed by atoms with Crippen molar-refractivity contribution in [2.45, 2.75) is 12.8 Å². The van der Waals surface area contributed by atoms with Gasteiger partial charge in [-0.25, -0.2) is 19.6 Å². The van der Waals surface area contributed by atoms with Crippen LogP contribution < -0.4 is 0 Å². The number of hydrogen-bond donors (Lipinski definition) is 0. The third-order valence-electron chi connectivity index (χ3n) is 4.26. The molecule has 0 spiro atoms. The van der Waals surface area contributed by atoms with Crippen molar-refractivity contribution >= 4 is 55.0 Å². The lowest BCUT2D eigenvalue weighted by Crippen LogP contribution is -1.99. The quantitative estimate of drug-likeness (QED) is 0.456. The van der Waals surface area contributed by atoms with E-state index in [9.17, 15) is 9.59 Å². The summed E-state index contributed by atoms with van der Waals surface area (Å²) in [6.45, 7) is 0. The third-order valence-corrected chi connectivity index (χ3v) is 6.42. The minimum atomic E-state index is -0.349. The molecule has 28 heavy (non-hydrogen) atoms. The number of rotatable bonds is 5. The number of esters is 2. The Kier molecular flexibility index (Phi) is 5.06. The van der Waals surface area contributed by atoms with Crippen LogP contribution in [0.4, 0.5) is 0 Å². The molecule has 2 aromatic heterocycles. The molecule has 0 saturated heterocycles. The molecule has 0 saturated carbocycles. The van der Waals surface area contributed by atoms with Gasteiger partial charge >= 0.3 is 11.9 Å². The average Bonchev–Trinajstić information content (AvgIpc) is 3.32. The minimum absolute atomic E-state index is 0.349. The van der Waals surface area contributed by atoms with E-state index in [1.807, 2.05) is 24.3 Å². The highest BCUT2D eigenvalue weighted by Crippen LogP contribution is 2.27. The number of thiazole rings is 2. The summed E-state index contributed by atoms with van der Waals surface area (Å²) in [7, 11) is 2.74. The maximum Gasteiger partial charge on any atom is 0.337 e. The molecule has 2 heterocycles. The molecule has 0 atom stereocenters. The molecule has 2 aromatic carbocycles. The van der Waals surface area contributed by atoms with Gasteiger partial charge in [-0.05, 0) is 36.4 Å². The largest absolute Gasteiger partial charge is 0.465 e. The first-order valence-corrected chi connectivity index (χ1v) is 10.2. The van der Waals surface area contributed by atoms with Crippen LogP contribution in [0.3, 0.4) is 0 Å². The summed E-state index contributed by atoms with van der Waals surface area (Å²) in [5.74, 6) is -0.699. The highest BCUT2D eigenvalue weighted by atomic mass is 32.1. The molecule has 0 radical (unpaired) electrons. The molecule has 8 heteroatoms. The fourth-order valence-corrected chi connectivity index (χ4v) is 4.87. The Morgan fingerprint density at radius 3 is 1.61 bits per heavy atom. The van der Waals surface area contributed by atoms with E-state index in [1.54, 1.807) is 34.8 Å². The number of methoxy groups -OCH3 is 2. The predicted molar refractivity (Wildman–Crippen MR) is 109 cm³/mol. The van der Waals surface area contributed by atoms with Gasteiger partial charge in [0.05, 0.1) is 55.8 Å². The van der Waals surface area contributed by atoms with Crippen LogP contribution in [0.15, 0.2) is 36.4 Å².